The summed E-state index contributed by atoms with van der Waals surface area (Å²) in [5.74, 6) is -18.0. The molecule has 1 rings (SSSR count). The first-order chi connectivity index (χ1) is 14.3. The Morgan fingerprint density at radius 2 is 1.44 bits per heavy atom. The molecule has 0 aliphatic heterocycles. The van der Waals surface area contributed by atoms with E-state index >= 15 is 0 Å². The molecule has 6 nitrogen and oxygen atoms in total. The molecule has 32 heavy (non-hydrogen) atoms. The summed E-state index contributed by atoms with van der Waals surface area (Å²) in [7, 11) is -7.10. The molecule has 1 amide bonds. The molecule has 2 N–H and O–H groups in total. The predicted octanol–water partition coefficient (Wildman–Crippen LogP) is 3.77. The Morgan fingerprint density at radius 1 is 0.969 bits per heavy atom. The van der Waals surface area contributed by atoms with Gasteiger partial charge in [-0.15, -0.1) is 0 Å². The first-order valence-corrected chi connectivity index (χ1v) is 9.90. The van der Waals surface area contributed by atoms with Gasteiger partial charge in [0.15, 0.2) is 0 Å². The van der Waals surface area contributed by atoms with Crippen LogP contribution in [0.4, 0.5) is 39.5 Å². The summed E-state index contributed by atoms with van der Waals surface area (Å²) in [4.78, 5) is 11.9. The van der Waals surface area contributed by atoms with E-state index in [4.69, 9.17) is 5.21 Å². The number of hydroxylamine groups is 1. The fraction of sp³-hybridized carbons (Fsp3) is 0.562. The van der Waals surface area contributed by atoms with Crippen molar-refractivity contribution in [2.24, 2.45) is 5.92 Å². The molecule has 0 saturated carbocycles. The van der Waals surface area contributed by atoms with E-state index in [1.54, 1.807) is 0 Å². The van der Waals surface area contributed by atoms with Crippen molar-refractivity contribution in [3.63, 3.8) is 0 Å². The summed E-state index contributed by atoms with van der Waals surface area (Å²) >= 11 is 0. The summed E-state index contributed by atoms with van der Waals surface area (Å²) in [5.41, 5.74) is 0.710. The summed E-state index contributed by atoms with van der Waals surface area (Å²) < 4.78 is 144. The van der Waals surface area contributed by atoms with Crippen LogP contribution in [-0.4, -0.2) is 53.2 Å². The molecule has 0 heterocycles. The summed E-state index contributed by atoms with van der Waals surface area (Å²) in [6.07, 6.45) is -7.24. The maximum Gasteiger partial charge on any atom is 0.460 e. The molecule has 0 bridgehead atoms. The lowest BCUT2D eigenvalue weighted by molar-refractivity contribution is -0.382. The molecule has 0 unspecified atom stereocenters. The summed E-state index contributed by atoms with van der Waals surface area (Å²) in [5, 5.41) is 1.78. The Labute approximate surface area is 176 Å². The molecule has 0 spiro atoms. The first-order valence-electron chi connectivity index (χ1n) is 8.46. The normalized spacial score (nSPS) is 15.2. The van der Waals surface area contributed by atoms with E-state index in [0.29, 0.717) is 0 Å². The number of alkyl halides is 9. The summed E-state index contributed by atoms with van der Waals surface area (Å²) in [6.45, 7) is 0.741. The number of benzene rings is 1. The highest BCUT2D eigenvalue weighted by Crippen LogP contribution is 2.55. The number of nitrogens with one attached hydrogen (secondary N) is 1. The smallest absolute Gasteiger partial charge is 0.289 e. The molecule has 0 saturated heterocycles. The van der Waals surface area contributed by atoms with Gasteiger partial charge in [-0.2, -0.15) is 43.8 Å². The second kappa shape index (κ2) is 9.05. The van der Waals surface area contributed by atoms with Crippen LogP contribution in [0.3, 0.4) is 0 Å². The highest BCUT2D eigenvalue weighted by Gasteiger charge is 2.86. The van der Waals surface area contributed by atoms with Gasteiger partial charge in [-0.25, -0.2) is 13.9 Å². The van der Waals surface area contributed by atoms with E-state index in [-0.39, 0.29) is 5.56 Å². The Bertz CT molecular complexity index is 906. The Kier molecular flexibility index (Phi) is 7.91. The minimum Gasteiger partial charge on any atom is -0.289 e. The van der Waals surface area contributed by atoms with Crippen LogP contribution in [0.5, 0.6) is 0 Å². The van der Waals surface area contributed by atoms with Gasteiger partial charge in [0.1, 0.15) is 6.04 Å². The van der Waals surface area contributed by atoms with Crippen molar-refractivity contribution in [2.45, 2.75) is 49.7 Å². The van der Waals surface area contributed by atoms with Gasteiger partial charge >= 0.3 is 23.3 Å². The van der Waals surface area contributed by atoms with Crippen molar-refractivity contribution in [3.8, 4) is 0 Å². The van der Waals surface area contributed by atoms with Crippen molar-refractivity contribution in [3.05, 3.63) is 35.9 Å². The van der Waals surface area contributed by atoms with Crippen molar-refractivity contribution in [2.75, 3.05) is 0 Å². The summed E-state index contributed by atoms with van der Waals surface area (Å²) in [6, 6.07) is 3.61. The van der Waals surface area contributed by atoms with Crippen molar-refractivity contribution >= 4 is 15.9 Å². The number of hydrogen-bond acceptors (Lipinski definition) is 4. The van der Waals surface area contributed by atoms with Gasteiger partial charge in [0, 0.05) is 6.54 Å². The molecule has 184 valence electrons. The van der Waals surface area contributed by atoms with Gasteiger partial charge in [0.05, 0.1) is 0 Å². The molecular formula is C16H17F9N2O4S. The molecule has 1 atom stereocenters. The zero-order chi connectivity index (χ0) is 25.3. The van der Waals surface area contributed by atoms with Gasteiger partial charge < -0.3 is 0 Å². The van der Waals surface area contributed by atoms with Crippen LogP contribution in [-0.2, 0) is 21.4 Å². The van der Waals surface area contributed by atoms with Crippen molar-refractivity contribution in [1.82, 2.24) is 9.79 Å². The molecule has 1 aromatic rings. The fourth-order valence-corrected chi connectivity index (χ4v) is 4.30. The molecule has 0 fully saturated rings. The van der Waals surface area contributed by atoms with Crippen molar-refractivity contribution < 1.29 is 57.9 Å². The number of hydrogen-bond donors (Lipinski definition) is 2. The Morgan fingerprint density at radius 3 is 1.81 bits per heavy atom. The van der Waals surface area contributed by atoms with E-state index in [1.165, 1.54) is 18.2 Å². The van der Waals surface area contributed by atoms with Gasteiger partial charge in [-0.05, 0) is 11.5 Å². The molecular weight excluding hydrogens is 487 g/mol. The van der Waals surface area contributed by atoms with Crippen LogP contribution in [0.1, 0.15) is 19.4 Å². The third kappa shape index (κ3) is 4.66. The standard InChI is InChI=1S/C16H17F9N2O4S/c1-9(2)11(12(28)26-29)27(8-10-6-4-3-5-7-10)32(30,31)16(24,25)14(19,20)13(17,18)15(21,22)23/h3-7,9,11,29H,8H2,1-2H3,(H,26,28)/t11-/m0/s1. The van der Waals surface area contributed by atoms with Gasteiger partial charge in [0.2, 0.25) is 0 Å². The number of nitrogens with zero attached hydrogens (tertiary/aromatic N) is 1. The van der Waals surface area contributed by atoms with Gasteiger partial charge in [0.25, 0.3) is 15.9 Å². The monoisotopic (exact) mass is 504 g/mol. The predicted molar refractivity (Wildman–Crippen MR) is 90.4 cm³/mol. The number of halogens is 9. The van der Waals surface area contributed by atoms with E-state index in [9.17, 15) is 52.7 Å². The van der Waals surface area contributed by atoms with Crippen LogP contribution in [0.15, 0.2) is 30.3 Å². The van der Waals surface area contributed by atoms with Crippen LogP contribution < -0.4 is 5.48 Å². The topological polar surface area (TPSA) is 86.7 Å². The number of rotatable bonds is 9. The van der Waals surface area contributed by atoms with Gasteiger partial charge in [-0.3, -0.25) is 10.0 Å². The Balaban J connectivity index is 3.77. The lowest BCUT2D eigenvalue weighted by atomic mass is 10.0. The Hall–Kier alpha value is -2.07. The van der Waals surface area contributed by atoms with Crippen LogP contribution in [0.25, 0.3) is 0 Å². The molecule has 0 aliphatic carbocycles. The molecule has 0 radical (unpaired) electrons. The SMILES string of the molecule is CC(C)[C@@H](C(=O)NO)N(Cc1ccccc1)S(=O)(=O)C(F)(F)C(F)(F)C(F)(F)C(F)(F)F. The largest absolute Gasteiger partial charge is 0.460 e. The third-order valence-electron chi connectivity index (χ3n) is 4.25. The first kappa shape index (κ1) is 28.0. The van der Waals surface area contributed by atoms with Gasteiger partial charge in [-0.1, -0.05) is 44.2 Å². The number of carbonyl (C=O) groups excluding carboxylic acids is 1. The molecule has 1 aromatic carbocycles. The van der Waals surface area contributed by atoms with Crippen molar-refractivity contribution in [1.29, 1.82) is 0 Å². The maximum absolute atomic E-state index is 14.4. The minimum atomic E-state index is -7.47. The molecule has 0 aromatic heterocycles. The van der Waals surface area contributed by atoms with E-state index in [2.05, 4.69) is 0 Å². The van der Waals surface area contributed by atoms with E-state index in [1.807, 2.05) is 0 Å². The number of carbonyl (C=O) groups is 1. The second-order valence-electron chi connectivity index (χ2n) is 6.86. The highest BCUT2D eigenvalue weighted by atomic mass is 32.2. The lowest BCUT2D eigenvalue weighted by Gasteiger charge is -2.38. The quantitative estimate of drug-likeness (QED) is 0.305. The number of sulfonamides is 1. The van der Waals surface area contributed by atoms with E-state index < -0.39 is 62.0 Å². The van der Waals surface area contributed by atoms with E-state index in [0.717, 1.165) is 31.5 Å². The number of amides is 1. The minimum absolute atomic E-state index is 0.214. The fourth-order valence-electron chi connectivity index (χ4n) is 2.60. The highest BCUT2D eigenvalue weighted by molar-refractivity contribution is 7.90. The lowest BCUT2D eigenvalue weighted by Crippen LogP contribution is -2.66. The molecule has 0 aliphatic rings. The zero-order valence-electron chi connectivity index (χ0n) is 16.2. The third-order valence-corrected chi connectivity index (χ3v) is 6.13. The zero-order valence-corrected chi connectivity index (χ0v) is 17.0. The van der Waals surface area contributed by atoms with Crippen LogP contribution >= 0.6 is 0 Å². The molecule has 16 heteroatoms. The maximum atomic E-state index is 14.4. The average molecular weight is 504 g/mol. The van der Waals surface area contributed by atoms with Crippen LogP contribution in [0.2, 0.25) is 0 Å². The second-order valence-corrected chi connectivity index (χ2v) is 8.80. The van der Waals surface area contributed by atoms with Crippen LogP contribution in [0, 0.1) is 5.92 Å². The average Bonchev–Trinajstić information content (AvgIpc) is 2.66.